The van der Waals surface area contributed by atoms with E-state index in [4.69, 9.17) is 0 Å². The van der Waals surface area contributed by atoms with Crippen LogP contribution >= 0.6 is 0 Å². The predicted molar refractivity (Wildman–Crippen MR) is 88.7 cm³/mol. The fourth-order valence-electron chi connectivity index (χ4n) is 2.89. The molecule has 3 aromatic heterocycles. The average Bonchev–Trinajstić information content (AvgIpc) is 3.08. The highest BCUT2D eigenvalue weighted by atomic mass is 15.0. The molecular formula is C17H17N5. The number of pyridine rings is 1. The van der Waals surface area contributed by atoms with Crippen molar-refractivity contribution in [3.63, 3.8) is 0 Å². The van der Waals surface area contributed by atoms with E-state index in [1.54, 1.807) is 6.20 Å². The first kappa shape index (κ1) is 13.0. The number of H-pyrrole nitrogens is 2. The van der Waals surface area contributed by atoms with Gasteiger partial charge in [-0.15, -0.1) is 0 Å². The Morgan fingerprint density at radius 2 is 2.05 bits per heavy atom. The minimum atomic E-state index is 0.754. The van der Waals surface area contributed by atoms with Crippen LogP contribution in [0.2, 0.25) is 0 Å². The normalized spacial score (nSPS) is 11.5. The molecule has 0 aliphatic rings. The lowest BCUT2D eigenvalue weighted by Gasteiger charge is -1.99. The molecular weight excluding hydrogens is 274 g/mol. The van der Waals surface area contributed by atoms with Gasteiger partial charge in [0.15, 0.2) is 5.65 Å². The highest BCUT2D eigenvalue weighted by Crippen LogP contribution is 2.29. The van der Waals surface area contributed by atoms with Crippen molar-refractivity contribution in [1.29, 1.82) is 0 Å². The summed E-state index contributed by atoms with van der Waals surface area (Å²) in [4.78, 5) is 15.5. The van der Waals surface area contributed by atoms with Crippen LogP contribution in [0.5, 0.6) is 0 Å². The number of benzene rings is 1. The van der Waals surface area contributed by atoms with Crippen LogP contribution in [0.15, 0.2) is 36.5 Å². The summed E-state index contributed by atoms with van der Waals surface area (Å²) < 4.78 is 0. The molecule has 0 aliphatic carbocycles. The summed E-state index contributed by atoms with van der Waals surface area (Å²) in [6, 6.07) is 10.7. The Morgan fingerprint density at radius 3 is 2.91 bits per heavy atom. The lowest BCUT2D eigenvalue weighted by Crippen LogP contribution is -2.04. The van der Waals surface area contributed by atoms with Gasteiger partial charge in [-0.2, -0.15) is 0 Å². The molecule has 5 heteroatoms. The predicted octanol–water partition coefficient (Wildman–Crippen LogP) is 3.13. The quantitative estimate of drug-likeness (QED) is 0.543. The van der Waals surface area contributed by atoms with Gasteiger partial charge in [0.1, 0.15) is 5.82 Å². The van der Waals surface area contributed by atoms with Gasteiger partial charge in [0.05, 0.1) is 5.52 Å². The molecule has 22 heavy (non-hydrogen) atoms. The van der Waals surface area contributed by atoms with Crippen molar-refractivity contribution in [1.82, 2.24) is 25.3 Å². The van der Waals surface area contributed by atoms with E-state index >= 15 is 0 Å². The summed E-state index contributed by atoms with van der Waals surface area (Å²) in [5, 5.41) is 4.39. The van der Waals surface area contributed by atoms with Gasteiger partial charge in [-0.05, 0) is 43.8 Å². The van der Waals surface area contributed by atoms with Gasteiger partial charge in [0.25, 0.3) is 0 Å². The van der Waals surface area contributed by atoms with Gasteiger partial charge in [0.2, 0.25) is 0 Å². The first-order chi connectivity index (χ1) is 10.7. The molecule has 110 valence electrons. The number of imidazole rings is 1. The first-order valence-electron chi connectivity index (χ1n) is 7.32. The number of nitrogens with one attached hydrogen (secondary N) is 3. The van der Waals surface area contributed by atoms with Crippen molar-refractivity contribution in [2.45, 2.75) is 13.5 Å². The van der Waals surface area contributed by atoms with E-state index in [9.17, 15) is 0 Å². The summed E-state index contributed by atoms with van der Waals surface area (Å²) in [5.74, 6) is 0.877. The summed E-state index contributed by atoms with van der Waals surface area (Å²) in [6.45, 7) is 2.82. The number of aromatic amines is 2. The molecule has 3 N–H and O–H groups in total. The molecule has 5 nitrogen and oxygen atoms in total. The maximum Gasteiger partial charge on any atom is 0.178 e. The third-order valence-electron chi connectivity index (χ3n) is 3.87. The summed E-state index contributed by atoms with van der Waals surface area (Å²) in [5.41, 5.74) is 6.31. The molecule has 0 unspecified atom stereocenters. The Balaban J connectivity index is 1.89. The Labute approximate surface area is 127 Å². The second-order valence-corrected chi connectivity index (χ2v) is 5.51. The van der Waals surface area contributed by atoms with E-state index in [0.717, 1.165) is 40.3 Å². The largest absolute Gasteiger partial charge is 0.354 e. The maximum atomic E-state index is 4.40. The number of aromatic nitrogens is 4. The minimum Gasteiger partial charge on any atom is -0.354 e. The molecule has 0 radical (unpaired) electrons. The highest BCUT2D eigenvalue weighted by molar-refractivity contribution is 5.94. The van der Waals surface area contributed by atoms with Crippen molar-refractivity contribution in [2.24, 2.45) is 0 Å². The van der Waals surface area contributed by atoms with Crippen LogP contribution in [0.3, 0.4) is 0 Å². The van der Waals surface area contributed by atoms with Gasteiger partial charge in [-0.1, -0.05) is 6.07 Å². The highest BCUT2D eigenvalue weighted by Gasteiger charge is 2.10. The summed E-state index contributed by atoms with van der Waals surface area (Å²) in [7, 11) is 1.96. The fraction of sp³-hybridized carbons (Fsp3) is 0.176. The Morgan fingerprint density at radius 1 is 1.14 bits per heavy atom. The monoisotopic (exact) mass is 291 g/mol. The maximum absolute atomic E-state index is 4.40. The molecule has 0 aliphatic heterocycles. The molecule has 4 aromatic rings. The molecule has 3 heterocycles. The second-order valence-electron chi connectivity index (χ2n) is 5.51. The number of aryl methyl sites for hydroxylation is 1. The van der Waals surface area contributed by atoms with Crippen molar-refractivity contribution in [3.05, 3.63) is 47.9 Å². The van der Waals surface area contributed by atoms with Crippen molar-refractivity contribution in [2.75, 3.05) is 7.05 Å². The van der Waals surface area contributed by atoms with E-state index in [0.29, 0.717) is 0 Å². The zero-order valence-electron chi connectivity index (χ0n) is 12.6. The topological polar surface area (TPSA) is 69.4 Å². The molecule has 0 fully saturated rings. The Kier molecular flexibility index (Phi) is 2.94. The van der Waals surface area contributed by atoms with Crippen molar-refractivity contribution < 1.29 is 0 Å². The van der Waals surface area contributed by atoms with Crippen LogP contribution in [0, 0.1) is 6.92 Å². The number of hydrogen-bond donors (Lipinski definition) is 3. The Bertz CT molecular complexity index is 964. The SMILES string of the molecule is CNCc1ccc2[nH]c(-c3ccnc4nc(C)[nH]c34)cc2c1. The molecule has 0 bridgehead atoms. The summed E-state index contributed by atoms with van der Waals surface area (Å²) in [6.07, 6.45) is 1.80. The molecule has 0 amide bonds. The van der Waals surface area contributed by atoms with E-state index in [1.807, 2.05) is 20.0 Å². The number of hydrogen-bond acceptors (Lipinski definition) is 3. The van der Waals surface area contributed by atoms with Gasteiger partial charge in [0, 0.05) is 34.9 Å². The fourth-order valence-corrected chi connectivity index (χ4v) is 2.89. The van der Waals surface area contributed by atoms with Crippen LogP contribution in [-0.4, -0.2) is 27.0 Å². The third-order valence-corrected chi connectivity index (χ3v) is 3.87. The number of fused-ring (bicyclic) bond motifs is 2. The molecule has 0 saturated heterocycles. The van der Waals surface area contributed by atoms with E-state index in [-0.39, 0.29) is 0 Å². The smallest absolute Gasteiger partial charge is 0.178 e. The van der Waals surface area contributed by atoms with Crippen LogP contribution in [-0.2, 0) is 6.54 Å². The van der Waals surface area contributed by atoms with E-state index in [2.05, 4.69) is 49.5 Å². The average molecular weight is 291 g/mol. The van der Waals surface area contributed by atoms with Crippen LogP contribution in [0.25, 0.3) is 33.3 Å². The number of nitrogens with zero attached hydrogens (tertiary/aromatic N) is 2. The van der Waals surface area contributed by atoms with Gasteiger partial charge in [-0.25, -0.2) is 9.97 Å². The zero-order chi connectivity index (χ0) is 15.1. The van der Waals surface area contributed by atoms with E-state index in [1.165, 1.54) is 10.9 Å². The van der Waals surface area contributed by atoms with Gasteiger partial charge in [-0.3, -0.25) is 0 Å². The van der Waals surface area contributed by atoms with Crippen LogP contribution < -0.4 is 5.32 Å². The third kappa shape index (κ3) is 2.07. The lowest BCUT2D eigenvalue weighted by molar-refractivity contribution is 0.819. The molecule has 0 saturated carbocycles. The van der Waals surface area contributed by atoms with Crippen LogP contribution in [0.1, 0.15) is 11.4 Å². The van der Waals surface area contributed by atoms with Gasteiger partial charge >= 0.3 is 0 Å². The molecule has 0 atom stereocenters. The molecule has 1 aromatic carbocycles. The van der Waals surface area contributed by atoms with E-state index < -0.39 is 0 Å². The van der Waals surface area contributed by atoms with Crippen LogP contribution in [0.4, 0.5) is 0 Å². The summed E-state index contributed by atoms with van der Waals surface area (Å²) >= 11 is 0. The molecule has 0 spiro atoms. The van der Waals surface area contributed by atoms with Crippen molar-refractivity contribution in [3.8, 4) is 11.3 Å². The standard InChI is InChI=1S/C17H17N5/c1-10-20-16-13(5-6-19-17(16)21-10)15-8-12-7-11(9-18-2)3-4-14(12)22-15/h3-8,18,22H,9H2,1-2H3,(H,19,20,21). The number of rotatable bonds is 3. The molecule has 4 rings (SSSR count). The second kappa shape index (κ2) is 4.96. The van der Waals surface area contributed by atoms with Crippen molar-refractivity contribution >= 4 is 22.1 Å². The van der Waals surface area contributed by atoms with Gasteiger partial charge < -0.3 is 15.3 Å². The lowest BCUT2D eigenvalue weighted by atomic mass is 10.1. The zero-order valence-corrected chi connectivity index (χ0v) is 12.6. The minimum absolute atomic E-state index is 0.754. The Hall–Kier alpha value is -2.66. The first-order valence-corrected chi connectivity index (χ1v) is 7.32.